The van der Waals surface area contributed by atoms with Crippen molar-refractivity contribution < 1.29 is 0 Å². The quantitative estimate of drug-likeness (QED) is 0.418. The Kier molecular flexibility index (Phi) is 4.62. The Morgan fingerprint density at radius 2 is 2.43 bits per heavy atom. The number of nitrogens with zero attached hydrogens (tertiary/aromatic N) is 2. The lowest BCUT2D eigenvalue weighted by Crippen LogP contribution is -2.28. The van der Waals surface area contributed by atoms with E-state index in [-0.39, 0.29) is 6.04 Å². The molecule has 1 aromatic rings. The zero-order valence-corrected chi connectivity index (χ0v) is 8.20. The Balaban J connectivity index is 2.57. The Bertz CT molecular complexity index is 312. The monoisotopic (exact) mass is 190 g/mol. The molecular weight excluding hydrogens is 176 g/mol. The number of aromatic nitrogens is 2. The highest BCUT2D eigenvalue weighted by Gasteiger charge is 2.07. The van der Waals surface area contributed by atoms with Crippen molar-refractivity contribution >= 4 is 0 Å². The van der Waals surface area contributed by atoms with Crippen LogP contribution in [0.5, 0.6) is 0 Å². The maximum absolute atomic E-state index is 5.44. The second-order valence-corrected chi connectivity index (χ2v) is 2.86. The molecule has 4 heteroatoms. The van der Waals surface area contributed by atoms with Crippen LogP contribution >= 0.6 is 0 Å². The first-order valence-electron chi connectivity index (χ1n) is 4.50. The lowest BCUT2D eigenvalue weighted by Gasteiger charge is -2.13. The summed E-state index contributed by atoms with van der Waals surface area (Å²) in [6.45, 7) is 1.83. The second kappa shape index (κ2) is 6.08. The second-order valence-electron chi connectivity index (χ2n) is 2.86. The first-order valence-corrected chi connectivity index (χ1v) is 4.50. The van der Waals surface area contributed by atoms with Gasteiger partial charge in [0, 0.05) is 18.7 Å². The summed E-state index contributed by atoms with van der Waals surface area (Å²) in [7, 11) is 0. The SMILES string of the molecule is CC#CCCC(NN)c1ccnnc1. The number of rotatable bonds is 4. The van der Waals surface area contributed by atoms with Crippen molar-refractivity contribution in [2.24, 2.45) is 5.84 Å². The molecule has 3 N–H and O–H groups in total. The summed E-state index contributed by atoms with van der Waals surface area (Å²) in [5.41, 5.74) is 3.78. The maximum Gasteiger partial charge on any atom is 0.0544 e. The minimum atomic E-state index is 0.103. The van der Waals surface area contributed by atoms with Crippen molar-refractivity contribution in [2.45, 2.75) is 25.8 Å². The lowest BCUT2D eigenvalue weighted by atomic mass is 10.1. The average molecular weight is 190 g/mol. The molecule has 0 saturated carbocycles. The Morgan fingerprint density at radius 1 is 1.57 bits per heavy atom. The predicted molar refractivity (Wildman–Crippen MR) is 54.8 cm³/mol. The van der Waals surface area contributed by atoms with E-state index in [0.717, 1.165) is 18.4 Å². The Labute approximate surface area is 83.9 Å². The molecule has 74 valence electrons. The molecule has 1 atom stereocenters. The highest BCUT2D eigenvalue weighted by molar-refractivity contribution is 5.11. The summed E-state index contributed by atoms with van der Waals surface area (Å²) >= 11 is 0. The van der Waals surface area contributed by atoms with E-state index >= 15 is 0 Å². The van der Waals surface area contributed by atoms with Crippen molar-refractivity contribution in [1.82, 2.24) is 15.6 Å². The number of hydrazine groups is 1. The van der Waals surface area contributed by atoms with E-state index in [0.29, 0.717) is 0 Å². The third-order valence-electron chi connectivity index (χ3n) is 1.95. The van der Waals surface area contributed by atoms with Crippen LogP contribution in [0, 0.1) is 11.8 Å². The molecule has 0 fully saturated rings. The van der Waals surface area contributed by atoms with E-state index in [1.165, 1.54) is 0 Å². The molecule has 1 rings (SSSR count). The minimum absolute atomic E-state index is 0.103. The molecule has 0 saturated heterocycles. The van der Waals surface area contributed by atoms with Gasteiger partial charge in [-0.25, -0.2) is 0 Å². The highest BCUT2D eigenvalue weighted by atomic mass is 15.2. The van der Waals surface area contributed by atoms with Gasteiger partial charge >= 0.3 is 0 Å². The van der Waals surface area contributed by atoms with E-state index < -0.39 is 0 Å². The Morgan fingerprint density at radius 3 is 3.00 bits per heavy atom. The topological polar surface area (TPSA) is 63.8 Å². The standard InChI is InChI=1S/C10H14N4/c1-2-3-4-5-10(14-11)9-6-7-12-13-8-9/h6-8,10,14H,4-5,11H2,1H3. The van der Waals surface area contributed by atoms with Crippen molar-refractivity contribution in [3.05, 3.63) is 24.0 Å². The van der Waals surface area contributed by atoms with E-state index in [1.807, 2.05) is 13.0 Å². The van der Waals surface area contributed by atoms with Gasteiger partial charge in [0.05, 0.1) is 6.20 Å². The van der Waals surface area contributed by atoms with E-state index in [1.54, 1.807) is 12.4 Å². The van der Waals surface area contributed by atoms with Crippen LogP contribution in [-0.2, 0) is 0 Å². The third-order valence-corrected chi connectivity index (χ3v) is 1.95. The van der Waals surface area contributed by atoms with Gasteiger partial charge in [-0.15, -0.1) is 11.8 Å². The predicted octanol–water partition coefficient (Wildman–Crippen LogP) is 0.784. The molecular formula is C10H14N4. The van der Waals surface area contributed by atoms with E-state index in [9.17, 15) is 0 Å². The Hall–Kier alpha value is -1.44. The maximum atomic E-state index is 5.44. The molecule has 1 aromatic heterocycles. The van der Waals surface area contributed by atoms with Crippen LogP contribution in [0.25, 0.3) is 0 Å². The summed E-state index contributed by atoms with van der Waals surface area (Å²) in [6.07, 6.45) is 5.08. The summed E-state index contributed by atoms with van der Waals surface area (Å²) < 4.78 is 0. The van der Waals surface area contributed by atoms with Crippen molar-refractivity contribution in [3.8, 4) is 11.8 Å². The number of nitrogens with two attached hydrogens (primary N) is 1. The number of nitrogens with one attached hydrogen (secondary N) is 1. The zero-order valence-electron chi connectivity index (χ0n) is 8.20. The van der Waals surface area contributed by atoms with Crippen LogP contribution in [0.2, 0.25) is 0 Å². The molecule has 1 heterocycles. The van der Waals surface area contributed by atoms with E-state index in [2.05, 4.69) is 27.5 Å². The molecule has 0 aromatic carbocycles. The zero-order chi connectivity index (χ0) is 10.2. The molecule has 1 unspecified atom stereocenters. The van der Waals surface area contributed by atoms with Gasteiger partial charge in [-0.05, 0) is 25.0 Å². The normalized spacial score (nSPS) is 11.6. The van der Waals surface area contributed by atoms with Crippen LogP contribution in [0.4, 0.5) is 0 Å². The molecule has 0 spiro atoms. The lowest BCUT2D eigenvalue weighted by molar-refractivity contribution is 0.521. The molecule has 0 aliphatic heterocycles. The van der Waals surface area contributed by atoms with Gasteiger partial charge in [-0.2, -0.15) is 10.2 Å². The fourth-order valence-electron chi connectivity index (χ4n) is 1.19. The molecule has 0 bridgehead atoms. The van der Waals surface area contributed by atoms with Crippen LogP contribution in [0.3, 0.4) is 0 Å². The van der Waals surface area contributed by atoms with Crippen LogP contribution in [0.1, 0.15) is 31.4 Å². The van der Waals surface area contributed by atoms with Gasteiger partial charge in [0.2, 0.25) is 0 Å². The largest absolute Gasteiger partial charge is 0.271 e. The molecule has 0 aliphatic carbocycles. The molecule has 0 aliphatic rings. The highest BCUT2D eigenvalue weighted by Crippen LogP contribution is 2.14. The van der Waals surface area contributed by atoms with Gasteiger partial charge in [-0.1, -0.05) is 0 Å². The summed E-state index contributed by atoms with van der Waals surface area (Å²) in [5, 5.41) is 7.51. The average Bonchev–Trinajstić information content (AvgIpc) is 2.26. The van der Waals surface area contributed by atoms with Crippen LogP contribution in [0.15, 0.2) is 18.5 Å². The van der Waals surface area contributed by atoms with Gasteiger partial charge in [-0.3, -0.25) is 11.3 Å². The van der Waals surface area contributed by atoms with Crippen LogP contribution in [-0.4, -0.2) is 10.2 Å². The van der Waals surface area contributed by atoms with Crippen molar-refractivity contribution in [2.75, 3.05) is 0 Å². The summed E-state index contributed by atoms with van der Waals surface area (Å²) in [4.78, 5) is 0. The molecule has 0 radical (unpaired) electrons. The van der Waals surface area contributed by atoms with Crippen molar-refractivity contribution in [1.29, 1.82) is 0 Å². The fourth-order valence-corrected chi connectivity index (χ4v) is 1.19. The van der Waals surface area contributed by atoms with Gasteiger partial charge in [0.25, 0.3) is 0 Å². The van der Waals surface area contributed by atoms with E-state index in [4.69, 9.17) is 5.84 Å². The fraction of sp³-hybridized carbons (Fsp3) is 0.400. The molecule has 14 heavy (non-hydrogen) atoms. The third kappa shape index (κ3) is 3.13. The summed E-state index contributed by atoms with van der Waals surface area (Å²) in [6, 6.07) is 2.00. The summed E-state index contributed by atoms with van der Waals surface area (Å²) in [5.74, 6) is 11.3. The van der Waals surface area contributed by atoms with Gasteiger partial charge in [0.1, 0.15) is 0 Å². The smallest absolute Gasteiger partial charge is 0.0544 e. The van der Waals surface area contributed by atoms with Crippen LogP contribution < -0.4 is 11.3 Å². The number of hydrogen-bond donors (Lipinski definition) is 2. The number of hydrogen-bond acceptors (Lipinski definition) is 4. The van der Waals surface area contributed by atoms with Gasteiger partial charge in [0.15, 0.2) is 0 Å². The minimum Gasteiger partial charge on any atom is -0.271 e. The first kappa shape index (κ1) is 10.6. The first-order chi connectivity index (χ1) is 6.88. The van der Waals surface area contributed by atoms with Gasteiger partial charge < -0.3 is 0 Å². The van der Waals surface area contributed by atoms with Crippen molar-refractivity contribution in [3.63, 3.8) is 0 Å². The molecule has 4 nitrogen and oxygen atoms in total. The molecule has 0 amide bonds.